The summed E-state index contributed by atoms with van der Waals surface area (Å²) in [7, 11) is 4.83. The molecule has 0 aromatic rings. The van der Waals surface area contributed by atoms with Crippen LogP contribution in [0.2, 0.25) is 0 Å². The molecule has 0 aromatic heterocycles. The molecule has 1 saturated heterocycles. The largest absolute Gasteiger partial charge is 0.468 e. The van der Waals surface area contributed by atoms with Gasteiger partial charge in [-0.05, 0) is 19.4 Å². The topological polar surface area (TPSA) is 49.9 Å². The Balaban J connectivity index is 2.57. The van der Waals surface area contributed by atoms with Crippen LogP contribution in [0.1, 0.15) is 12.8 Å². The molecule has 1 heterocycles. The highest BCUT2D eigenvalue weighted by molar-refractivity contribution is 5.82. The zero-order valence-corrected chi connectivity index (χ0v) is 9.52. The first-order valence-corrected chi connectivity index (χ1v) is 5.08. The number of hydrogen-bond donors (Lipinski definition) is 0. The monoisotopic (exact) mass is 214 g/mol. The summed E-state index contributed by atoms with van der Waals surface area (Å²) < 4.78 is 4.60. The lowest BCUT2D eigenvalue weighted by Gasteiger charge is -2.24. The Labute approximate surface area is 90.0 Å². The molecule has 0 N–H and O–H groups in total. The van der Waals surface area contributed by atoms with Crippen LogP contribution >= 0.6 is 0 Å². The minimum atomic E-state index is -0.284. The molecule has 15 heavy (non-hydrogen) atoms. The maximum absolute atomic E-state index is 11.8. The van der Waals surface area contributed by atoms with E-state index in [9.17, 15) is 9.59 Å². The van der Waals surface area contributed by atoms with Crippen molar-refractivity contribution in [3.63, 3.8) is 0 Å². The fourth-order valence-corrected chi connectivity index (χ4v) is 1.82. The summed E-state index contributed by atoms with van der Waals surface area (Å²) in [4.78, 5) is 26.3. The van der Waals surface area contributed by atoms with Gasteiger partial charge < -0.3 is 9.64 Å². The van der Waals surface area contributed by atoms with Gasteiger partial charge in [-0.1, -0.05) is 0 Å². The lowest BCUT2D eigenvalue weighted by molar-refractivity contribution is -0.143. The third-order valence-corrected chi connectivity index (χ3v) is 2.65. The second kappa shape index (κ2) is 5.11. The van der Waals surface area contributed by atoms with Crippen LogP contribution in [0.3, 0.4) is 0 Å². The number of likely N-dealkylation sites (tertiary alicyclic amines) is 1. The van der Waals surface area contributed by atoms with Gasteiger partial charge in [-0.25, -0.2) is 0 Å². The minimum Gasteiger partial charge on any atom is -0.468 e. The molecule has 86 valence electrons. The molecule has 0 spiro atoms. The van der Waals surface area contributed by atoms with Gasteiger partial charge in [0.1, 0.15) is 0 Å². The van der Waals surface area contributed by atoms with Gasteiger partial charge in [0, 0.05) is 14.1 Å². The van der Waals surface area contributed by atoms with Crippen LogP contribution in [0.4, 0.5) is 0 Å². The molecule has 1 amide bonds. The summed E-state index contributed by atoms with van der Waals surface area (Å²) in [5.41, 5.74) is 0. The number of methoxy groups -OCH3 is 1. The summed E-state index contributed by atoms with van der Waals surface area (Å²) in [6.07, 6.45) is 1.79. The van der Waals surface area contributed by atoms with E-state index in [1.807, 2.05) is 4.90 Å². The zero-order chi connectivity index (χ0) is 11.4. The third kappa shape index (κ3) is 2.92. The molecule has 5 nitrogen and oxygen atoms in total. The van der Waals surface area contributed by atoms with Gasteiger partial charge in [-0.15, -0.1) is 0 Å². The van der Waals surface area contributed by atoms with E-state index in [0.29, 0.717) is 0 Å². The van der Waals surface area contributed by atoms with Gasteiger partial charge in [0.2, 0.25) is 5.91 Å². The molecule has 0 bridgehead atoms. The number of carbonyl (C=O) groups is 2. The van der Waals surface area contributed by atoms with E-state index >= 15 is 0 Å². The lowest BCUT2D eigenvalue weighted by Crippen LogP contribution is -2.44. The lowest BCUT2D eigenvalue weighted by atomic mass is 10.2. The fourth-order valence-electron chi connectivity index (χ4n) is 1.82. The van der Waals surface area contributed by atoms with Crippen LogP contribution in [-0.2, 0) is 14.3 Å². The summed E-state index contributed by atoms with van der Waals surface area (Å²) >= 11 is 0. The van der Waals surface area contributed by atoms with Crippen molar-refractivity contribution < 1.29 is 14.3 Å². The number of esters is 1. The Bertz CT molecular complexity index is 253. The molecule has 1 unspecified atom stereocenters. The highest BCUT2D eigenvalue weighted by Crippen LogP contribution is 2.18. The molecule has 0 radical (unpaired) electrons. The molecular formula is C10H18N2O3. The number of carbonyl (C=O) groups excluding carboxylic acids is 2. The maximum atomic E-state index is 11.8. The average molecular weight is 214 g/mol. The summed E-state index contributed by atoms with van der Waals surface area (Å²) in [6, 6.07) is -0.154. The van der Waals surface area contributed by atoms with Gasteiger partial charge in [-0.3, -0.25) is 14.5 Å². The van der Waals surface area contributed by atoms with Gasteiger partial charge in [0.25, 0.3) is 0 Å². The van der Waals surface area contributed by atoms with Crippen molar-refractivity contribution in [3.8, 4) is 0 Å². The Morgan fingerprint density at radius 1 is 1.47 bits per heavy atom. The van der Waals surface area contributed by atoms with E-state index in [1.54, 1.807) is 19.0 Å². The predicted octanol–water partition coefficient (Wildman–Crippen LogP) is -0.288. The molecule has 0 aliphatic carbocycles. The van der Waals surface area contributed by atoms with E-state index in [4.69, 9.17) is 0 Å². The Kier molecular flexibility index (Phi) is 4.08. The first kappa shape index (κ1) is 12.0. The van der Waals surface area contributed by atoms with E-state index in [0.717, 1.165) is 19.4 Å². The van der Waals surface area contributed by atoms with Crippen LogP contribution < -0.4 is 0 Å². The van der Waals surface area contributed by atoms with E-state index in [2.05, 4.69) is 4.74 Å². The Morgan fingerprint density at radius 3 is 2.67 bits per heavy atom. The summed E-state index contributed by atoms with van der Waals surface area (Å²) in [6.45, 7) is 1.00. The molecule has 1 rings (SSSR count). The van der Waals surface area contributed by atoms with Crippen molar-refractivity contribution in [2.24, 2.45) is 0 Å². The normalized spacial score (nSPS) is 21.4. The van der Waals surface area contributed by atoms with Crippen molar-refractivity contribution in [2.45, 2.75) is 18.9 Å². The smallest absolute Gasteiger partial charge is 0.319 e. The first-order chi connectivity index (χ1) is 7.06. The van der Waals surface area contributed by atoms with Crippen molar-refractivity contribution in [1.29, 1.82) is 0 Å². The molecule has 0 saturated carbocycles. The van der Waals surface area contributed by atoms with Gasteiger partial charge in [-0.2, -0.15) is 0 Å². The number of hydrogen-bond acceptors (Lipinski definition) is 4. The molecule has 1 fully saturated rings. The van der Waals surface area contributed by atoms with Crippen LogP contribution in [0.25, 0.3) is 0 Å². The standard InChI is InChI=1S/C10H18N2O3/c1-11(2)10(14)8-5-4-6-12(8)7-9(13)15-3/h8H,4-7H2,1-3H3. The van der Waals surface area contributed by atoms with E-state index in [1.165, 1.54) is 7.11 Å². The number of nitrogens with zero attached hydrogens (tertiary/aromatic N) is 2. The average Bonchev–Trinajstić information content (AvgIpc) is 2.64. The summed E-state index contributed by atoms with van der Waals surface area (Å²) in [5.74, 6) is -0.218. The van der Waals surface area contributed by atoms with Crippen LogP contribution in [-0.4, -0.2) is 62.0 Å². The Hall–Kier alpha value is -1.10. The minimum absolute atomic E-state index is 0.0661. The molecule has 5 heteroatoms. The maximum Gasteiger partial charge on any atom is 0.319 e. The van der Waals surface area contributed by atoms with Crippen molar-refractivity contribution >= 4 is 11.9 Å². The predicted molar refractivity (Wildman–Crippen MR) is 55.3 cm³/mol. The second-order valence-electron chi connectivity index (χ2n) is 3.94. The van der Waals surface area contributed by atoms with Crippen molar-refractivity contribution in [1.82, 2.24) is 9.80 Å². The van der Waals surface area contributed by atoms with E-state index in [-0.39, 0.29) is 24.5 Å². The van der Waals surface area contributed by atoms with Gasteiger partial charge in [0.15, 0.2) is 0 Å². The number of likely N-dealkylation sites (N-methyl/N-ethyl adjacent to an activating group) is 1. The van der Waals surface area contributed by atoms with Crippen molar-refractivity contribution in [3.05, 3.63) is 0 Å². The number of amides is 1. The molecule has 1 aliphatic rings. The SMILES string of the molecule is COC(=O)CN1CCCC1C(=O)N(C)C. The van der Waals surface area contributed by atoms with Gasteiger partial charge >= 0.3 is 5.97 Å². The summed E-state index contributed by atoms with van der Waals surface area (Å²) in [5, 5.41) is 0. The van der Waals surface area contributed by atoms with Crippen LogP contribution in [0.15, 0.2) is 0 Å². The second-order valence-corrected chi connectivity index (χ2v) is 3.94. The molecule has 1 atom stereocenters. The van der Waals surface area contributed by atoms with E-state index < -0.39 is 0 Å². The van der Waals surface area contributed by atoms with Crippen LogP contribution in [0.5, 0.6) is 0 Å². The fraction of sp³-hybridized carbons (Fsp3) is 0.800. The Morgan fingerprint density at radius 2 is 2.13 bits per heavy atom. The quantitative estimate of drug-likeness (QED) is 0.606. The third-order valence-electron chi connectivity index (χ3n) is 2.65. The zero-order valence-electron chi connectivity index (χ0n) is 9.52. The number of ether oxygens (including phenoxy) is 1. The first-order valence-electron chi connectivity index (χ1n) is 5.08. The van der Waals surface area contributed by atoms with Crippen molar-refractivity contribution in [2.75, 3.05) is 34.3 Å². The number of rotatable bonds is 3. The van der Waals surface area contributed by atoms with Gasteiger partial charge in [0.05, 0.1) is 19.7 Å². The highest BCUT2D eigenvalue weighted by atomic mass is 16.5. The molecule has 0 aromatic carbocycles. The van der Waals surface area contributed by atoms with Crippen LogP contribution in [0, 0.1) is 0 Å². The molecule has 1 aliphatic heterocycles. The molecular weight excluding hydrogens is 196 g/mol. The highest BCUT2D eigenvalue weighted by Gasteiger charge is 2.32.